The molecule has 3 aliphatic rings. The van der Waals surface area contributed by atoms with Crippen LogP contribution in [0.15, 0.2) is 53.4 Å². The molecule has 2 N–H and O–H groups in total. The molecule has 3 heterocycles. The lowest BCUT2D eigenvalue weighted by atomic mass is 10.2. The second-order valence-corrected chi connectivity index (χ2v) is 7.85. The fourth-order valence-electron chi connectivity index (χ4n) is 4.04. The number of fused-ring (bicyclic) bond motifs is 3. The van der Waals surface area contributed by atoms with E-state index >= 15 is 0 Å². The van der Waals surface area contributed by atoms with Crippen LogP contribution in [-0.4, -0.2) is 73.1 Å². The van der Waals surface area contributed by atoms with Crippen LogP contribution in [0.3, 0.4) is 0 Å². The number of benzene rings is 1. The van der Waals surface area contributed by atoms with E-state index in [-0.39, 0.29) is 12.4 Å². The number of rotatable bonds is 6. The quantitative estimate of drug-likeness (QED) is 0.518. The Morgan fingerprint density at radius 1 is 1.31 bits per heavy atom. The molecule has 170 valence electrons. The van der Waals surface area contributed by atoms with Crippen LogP contribution in [0.25, 0.3) is 0 Å². The number of likely N-dealkylation sites (N-methyl/N-ethyl adjacent to an activating group) is 1. The molecule has 1 atom stereocenters. The van der Waals surface area contributed by atoms with Gasteiger partial charge in [0.1, 0.15) is 18.2 Å². The van der Waals surface area contributed by atoms with Gasteiger partial charge in [-0.25, -0.2) is 8.78 Å². The molecule has 0 spiro atoms. The first-order valence-electron chi connectivity index (χ1n) is 10.3. The first-order valence-corrected chi connectivity index (χ1v) is 10.3. The number of halogens is 2. The summed E-state index contributed by atoms with van der Waals surface area (Å²) in [7, 11) is 3.70. The van der Waals surface area contributed by atoms with Crippen molar-refractivity contribution in [2.75, 3.05) is 40.3 Å². The third kappa shape index (κ3) is 4.31. The van der Waals surface area contributed by atoms with Crippen LogP contribution in [0.5, 0.6) is 5.75 Å². The number of hydrogen-bond acceptors (Lipinski definition) is 8. The predicted molar refractivity (Wildman–Crippen MR) is 117 cm³/mol. The van der Waals surface area contributed by atoms with E-state index in [0.717, 1.165) is 50.3 Å². The molecular formula is C22H26F2N6O2. The molecule has 0 saturated carbocycles. The van der Waals surface area contributed by atoms with Gasteiger partial charge in [0.15, 0.2) is 23.1 Å². The highest BCUT2D eigenvalue weighted by Crippen LogP contribution is 2.33. The molecule has 2 fully saturated rings. The van der Waals surface area contributed by atoms with Crippen LogP contribution < -0.4 is 10.1 Å². The van der Waals surface area contributed by atoms with Crippen LogP contribution in [0.1, 0.15) is 5.56 Å². The summed E-state index contributed by atoms with van der Waals surface area (Å²) >= 11 is 0. The Morgan fingerprint density at radius 3 is 2.75 bits per heavy atom. The zero-order valence-electron chi connectivity index (χ0n) is 18.1. The van der Waals surface area contributed by atoms with Crippen LogP contribution >= 0.6 is 0 Å². The molecule has 8 nitrogen and oxygen atoms in total. The van der Waals surface area contributed by atoms with Gasteiger partial charge in [0.05, 0.1) is 12.3 Å². The van der Waals surface area contributed by atoms with Crippen LogP contribution in [0.2, 0.25) is 0 Å². The summed E-state index contributed by atoms with van der Waals surface area (Å²) < 4.78 is 39.8. The SMILES string of the molecule is C=C1N=C(OCc2cc(F)c(O/C(C=N)=C/NC)c(F)c2)C=C2N1CC1CN(C)CCN21. The molecule has 0 amide bonds. The molecule has 0 aromatic heterocycles. The fourth-order valence-corrected chi connectivity index (χ4v) is 4.04. The molecule has 4 rings (SSSR count). The lowest BCUT2D eigenvalue weighted by molar-refractivity contribution is 0.149. The van der Waals surface area contributed by atoms with Gasteiger partial charge in [-0.2, -0.15) is 4.99 Å². The third-order valence-corrected chi connectivity index (χ3v) is 5.55. The van der Waals surface area contributed by atoms with Gasteiger partial charge in [-0.15, -0.1) is 0 Å². The molecule has 0 bridgehead atoms. The molecule has 1 aromatic carbocycles. The number of ether oxygens (including phenoxy) is 2. The molecule has 0 aliphatic carbocycles. The Bertz CT molecular complexity index is 999. The van der Waals surface area contributed by atoms with Crippen LogP contribution in [0.4, 0.5) is 8.78 Å². The van der Waals surface area contributed by atoms with E-state index in [1.807, 2.05) is 6.08 Å². The van der Waals surface area contributed by atoms with Gasteiger partial charge in [-0.05, 0) is 24.7 Å². The second-order valence-electron chi connectivity index (χ2n) is 7.85. The van der Waals surface area contributed by atoms with Crippen molar-refractivity contribution in [1.82, 2.24) is 20.0 Å². The summed E-state index contributed by atoms with van der Waals surface area (Å²) in [5, 5.41) is 9.90. The Hall–Kier alpha value is -3.40. The van der Waals surface area contributed by atoms with E-state index in [4.69, 9.17) is 14.9 Å². The molecule has 1 aromatic rings. The minimum atomic E-state index is -0.886. The van der Waals surface area contributed by atoms with Crippen LogP contribution in [0, 0.1) is 17.0 Å². The second kappa shape index (κ2) is 8.99. The van der Waals surface area contributed by atoms with Crippen molar-refractivity contribution in [3.05, 3.63) is 65.6 Å². The maximum Gasteiger partial charge on any atom is 0.219 e. The highest BCUT2D eigenvalue weighted by molar-refractivity contribution is 5.90. The zero-order valence-corrected chi connectivity index (χ0v) is 18.1. The topological polar surface area (TPSA) is 76.4 Å². The maximum atomic E-state index is 14.5. The highest BCUT2D eigenvalue weighted by atomic mass is 19.1. The van der Waals surface area contributed by atoms with Crippen molar-refractivity contribution in [2.24, 2.45) is 4.99 Å². The largest absolute Gasteiger partial charge is 0.473 e. The van der Waals surface area contributed by atoms with Crippen LogP contribution in [-0.2, 0) is 11.3 Å². The zero-order chi connectivity index (χ0) is 22.8. The van der Waals surface area contributed by atoms with Gasteiger partial charge < -0.3 is 34.9 Å². The number of aliphatic imine (C=N–C) groups is 1. The molecule has 0 radical (unpaired) electrons. The van der Waals surface area contributed by atoms with E-state index < -0.39 is 17.4 Å². The van der Waals surface area contributed by atoms with Gasteiger partial charge in [-0.1, -0.05) is 6.58 Å². The summed E-state index contributed by atoms with van der Waals surface area (Å²) in [5.74, 6) is -0.441. The Morgan fingerprint density at radius 2 is 2.06 bits per heavy atom. The fraction of sp³-hybridized carbons (Fsp3) is 0.364. The van der Waals surface area contributed by atoms with Gasteiger partial charge in [-0.3, -0.25) is 0 Å². The van der Waals surface area contributed by atoms with E-state index in [0.29, 0.717) is 23.3 Å². The lowest BCUT2D eigenvalue weighted by Crippen LogP contribution is -2.48. The van der Waals surface area contributed by atoms with Crippen molar-refractivity contribution in [1.29, 1.82) is 5.41 Å². The van der Waals surface area contributed by atoms with Crippen molar-refractivity contribution >= 4 is 12.1 Å². The summed E-state index contributed by atoms with van der Waals surface area (Å²) in [4.78, 5) is 11.1. The standard InChI is InChI=1S/C22H26F2N6O2/c1-14-27-20(8-21-29-5-4-28(3)11-16(29)12-30(14)21)31-13-15-6-18(23)22(19(24)7-15)32-17(9-25)10-26-2/h6-10,16,25-26H,1,4-5,11-13H2,2-3H3/b17-10+,25-9?. The summed E-state index contributed by atoms with van der Waals surface area (Å²) in [6.45, 7) is 7.64. The predicted octanol–water partition coefficient (Wildman–Crippen LogP) is 2.23. The van der Waals surface area contributed by atoms with E-state index in [1.54, 1.807) is 7.05 Å². The number of nitrogens with one attached hydrogen (secondary N) is 2. The third-order valence-electron chi connectivity index (χ3n) is 5.55. The van der Waals surface area contributed by atoms with Gasteiger partial charge in [0.25, 0.3) is 0 Å². The van der Waals surface area contributed by atoms with Crippen molar-refractivity contribution < 1.29 is 18.3 Å². The first kappa shape index (κ1) is 21.8. The smallest absolute Gasteiger partial charge is 0.219 e. The number of piperazine rings is 1. The molecule has 32 heavy (non-hydrogen) atoms. The minimum absolute atomic E-state index is 0.0284. The number of nitrogens with zero attached hydrogens (tertiary/aromatic N) is 4. The molecule has 1 unspecified atom stereocenters. The average Bonchev–Trinajstić information content (AvgIpc) is 3.12. The van der Waals surface area contributed by atoms with Crippen molar-refractivity contribution in [2.45, 2.75) is 12.6 Å². The van der Waals surface area contributed by atoms with E-state index in [9.17, 15) is 8.78 Å². The van der Waals surface area contributed by atoms with E-state index in [1.165, 1.54) is 6.20 Å². The summed E-state index contributed by atoms with van der Waals surface area (Å²) in [6, 6.07) is 2.65. The highest BCUT2D eigenvalue weighted by Gasteiger charge is 2.39. The van der Waals surface area contributed by atoms with Crippen molar-refractivity contribution in [3.8, 4) is 5.75 Å². The van der Waals surface area contributed by atoms with Crippen molar-refractivity contribution in [3.63, 3.8) is 0 Å². The average molecular weight is 444 g/mol. The molecule has 10 heteroatoms. The Labute approximate surface area is 185 Å². The van der Waals surface area contributed by atoms with Gasteiger partial charge in [0.2, 0.25) is 5.90 Å². The molecular weight excluding hydrogens is 418 g/mol. The van der Waals surface area contributed by atoms with Gasteiger partial charge >= 0.3 is 0 Å². The number of hydrogen-bond donors (Lipinski definition) is 2. The van der Waals surface area contributed by atoms with Gasteiger partial charge in [0, 0.05) is 45.5 Å². The maximum absolute atomic E-state index is 14.5. The first-order chi connectivity index (χ1) is 15.4. The Kier molecular flexibility index (Phi) is 6.13. The Balaban J connectivity index is 1.46. The minimum Gasteiger partial charge on any atom is -0.473 e. The lowest BCUT2D eigenvalue weighted by Gasteiger charge is -2.36. The molecule has 2 saturated heterocycles. The summed E-state index contributed by atoms with van der Waals surface area (Å²) in [5.41, 5.74) is 0.291. The normalized spacial score (nSPS) is 20.9. The van der Waals surface area contributed by atoms with E-state index in [2.05, 4.69) is 38.6 Å². The number of allylic oxidation sites excluding steroid dienone is 1. The summed E-state index contributed by atoms with van der Waals surface area (Å²) in [6.07, 6.45) is 4.02. The molecule has 3 aliphatic heterocycles. The monoisotopic (exact) mass is 444 g/mol.